The molecule has 4 rings (SSSR count). The number of hydrogen-bond donors (Lipinski definition) is 1. The number of nitrogens with zero attached hydrogens (tertiary/aromatic N) is 6. The molecule has 0 unspecified atom stereocenters. The molecular weight excluding hydrogens is 320 g/mol. The van der Waals surface area contributed by atoms with Crippen molar-refractivity contribution in [1.82, 2.24) is 24.3 Å². The first-order valence-corrected chi connectivity index (χ1v) is 8.24. The first-order valence-electron chi connectivity index (χ1n) is 8.24. The van der Waals surface area contributed by atoms with Crippen LogP contribution in [-0.2, 0) is 7.05 Å². The number of piperazine rings is 1. The van der Waals surface area contributed by atoms with E-state index in [1.54, 1.807) is 4.68 Å². The average Bonchev–Trinajstić information content (AvgIpc) is 3.20. The molecule has 1 saturated heterocycles. The van der Waals surface area contributed by atoms with Gasteiger partial charge in [-0.25, -0.2) is 9.31 Å². The normalized spacial score (nSPS) is 18.1. The molecule has 1 amide bonds. The van der Waals surface area contributed by atoms with Gasteiger partial charge in [-0.2, -0.15) is 10.2 Å². The number of amides is 1. The molecule has 8 heteroatoms. The van der Waals surface area contributed by atoms with E-state index in [9.17, 15) is 9.90 Å². The molecule has 0 spiro atoms. The van der Waals surface area contributed by atoms with Gasteiger partial charge in [0.2, 0.25) is 0 Å². The van der Waals surface area contributed by atoms with Gasteiger partial charge in [0.1, 0.15) is 0 Å². The number of carboxylic acid groups (broad SMARTS) is 1. The Labute approximate surface area is 144 Å². The number of hydrogen-bond acceptors (Lipinski definition) is 4. The van der Waals surface area contributed by atoms with Gasteiger partial charge in [0.25, 0.3) is 0 Å². The summed E-state index contributed by atoms with van der Waals surface area (Å²) in [5, 5.41) is 17.9. The first-order chi connectivity index (χ1) is 12.0. The Hall–Kier alpha value is -3.03. The molecule has 1 N–H and O–H groups in total. The quantitative estimate of drug-likeness (QED) is 0.771. The molecule has 25 heavy (non-hydrogen) atoms. The van der Waals surface area contributed by atoms with E-state index in [1.165, 1.54) is 4.90 Å². The number of fused-ring (bicyclic) bond motifs is 1. The van der Waals surface area contributed by atoms with Crippen LogP contribution in [-0.4, -0.2) is 61.2 Å². The monoisotopic (exact) mass is 340 g/mol. The zero-order chi connectivity index (χ0) is 17.6. The molecule has 8 nitrogen and oxygen atoms in total. The van der Waals surface area contributed by atoms with E-state index in [4.69, 9.17) is 0 Å². The highest BCUT2D eigenvalue weighted by atomic mass is 16.4. The molecule has 130 valence electrons. The number of pyridine rings is 1. The average molecular weight is 340 g/mol. The number of aryl methyl sites for hydroxylation is 1. The molecule has 1 atom stereocenters. The molecular formula is C17H20N6O2. The lowest BCUT2D eigenvalue weighted by Gasteiger charge is -2.39. The SMILES string of the molecule is C[C@H]1CN(c2cnn3cc(-c4cnn(C)c4)ccc23)CCN1C(=O)O. The third-order valence-corrected chi connectivity index (χ3v) is 4.75. The molecule has 3 aromatic heterocycles. The molecule has 3 aromatic rings. The summed E-state index contributed by atoms with van der Waals surface area (Å²) in [7, 11) is 1.89. The minimum atomic E-state index is -0.854. The summed E-state index contributed by atoms with van der Waals surface area (Å²) >= 11 is 0. The van der Waals surface area contributed by atoms with Crippen molar-refractivity contribution < 1.29 is 9.90 Å². The maximum Gasteiger partial charge on any atom is 0.407 e. The van der Waals surface area contributed by atoms with E-state index in [1.807, 2.05) is 43.3 Å². The van der Waals surface area contributed by atoms with Crippen LogP contribution in [0.1, 0.15) is 6.92 Å². The van der Waals surface area contributed by atoms with E-state index >= 15 is 0 Å². The standard InChI is InChI=1S/C17H20N6O2/c1-12-9-21(5-6-22(12)17(24)25)16-8-19-23-11-13(3-4-15(16)23)14-7-18-20(2)10-14/h3-4,7-8,10-12H,5-6,9H2,1-2H3,(H,24,25)/t12-/m0/s1. The van der Waals surface area contributed by atoms with E-state index in [0.29, 0.717) is 19.6 Å². The molecule has 0 saturated carbocycles. The summed E-state index contributed by atoms with van der Waals surface area (Å²) in [5.74, 6) is 0. The van der Waals surface area contributed by atoms with E-state index < -0.39 is 6.09 Å². The van der Waals surface area contributed by atoms with Gasteiger partial charge in [0, 0.05) is 56.2 Å². The van der Waals surface area contributed by atoms with Crippen LogP contribution in [0.4, 0.5) is 10.5 Å². The summed E-state index contributed by atoms with van der Waals surface area (Å²) in [6, 6.07) is 4.07. The summed E-state index contributed by atoms with van der Waals surface area (Å²) in [6.07, 6.45) is 6.79. The Balaban J connectivity index is 1.62. The largest absolute Gasteiger partial charge is 0.465 e. The fourth-order valence-electron chi connectivity index (χ4n) is 3.42. The second-order valence-electron chi connectivity index (χ2n) is 6.45. The smallest absolute Gasteiger partial charge is 0.407 e. The summed E-state index contributed by atoms with van der Waals surface area (Å²) in [5.41, 5.74) is 4.16. The fourth-order valence-corrected chi connectivity index (χ4v) is 3.42. The van der Waals surface area contributed by atoms with Crippen LogP contribution in [0.5, 0.6) is 0 Å². The number of rotatable bonds is 2. The van der Waals surface area contributed by atoms with Crippen LogP contribution in [0.3, 0.4) is 0 Å². The van der Waals surface area contributed by atoms with Gasteiger partial charge >= 0.3 is 6.09 Å². The first kappa shape index (κ1) is 15.5. The van der Waals surface area contributed by atoms with Crippen molar-refractivity contribution in [2.75, 3.05) is 24.5 Å². The number of carbonyl (C=O) groups is 1. The minimum absolute atomic E-state index is 0.0455. The highest BCUT2D eigenvalue weighted by molar-refractivity contribution is 5.76. The van der Waals surface area contributed by atoms with Crippen LogP contribution >= 0.6 is 0 Å². The van der Waals surface area contributed by atoms with Crippen LogP contribution in [0.25, 0.3) is 16.6 Å². The highest BCUT2D eigenvalue weighted by Gasteiger charge is 2.28. The van der Waals surface area contributed by atoms with Crippen molar-refractivity contribution in [3.63, 3.8) is 0 Å². The lowest BCUT2D eigenvalue weighted by atomic mass is 10.1. The molecule has 4 heterocycles. The van der Waals surface area contributed by atoms with Crippen molar-refractivity contribution in [2.24, 2.45) is 7.05 Å². The molecule has 0 bridgehead atoms. The summed E-state index contributed by atoms with van der Waals surface area (Å²) < 4.78 is 3.64. The molecule has 0 aromatic carbocycles. The number of anilines is 1. The van der Waals surface area contributed by atoms with Gasteiger partial charge in [-0.05, 0) is 13.0 Å². The van der Waals surface area contributed by atoms with Gasteiger partial charge in [0.15, 0.2) is 0 Å². The maximum absolute atomic E-state index is 11.2. The van der Waals surface area contributed by atoms with Crippen molar-refractivity contribution in [1.29, 1.82) is 0 Å². The predicted molar refractivity (Wildman–Crippen MR) is 93.8 cm³/mol. The second kappa shape index (κ2) is 5.80. The van der Waals surface area contributed by atoms with Crippen LogP contribution < -0.4 is 4.90 Å². The summed E-state index contributed by atoms with van der Waals surface area (Å²) in [4.78, 5) is 14.9. The van der Waals surface area contributed by atoms with Gasteiger partial charge in [0.05, 0.1) is 23.6 Å². The van der Waals surface area contributed by atoms with Crippen molar-refractivity contribution in [3.8, 4) is 11.1 Å². The van der Waals surface area contributed by atoms with E-state index in [0.717, 1.165) is 22.3 Å². The number of aromatic nitrogens is 4. The van der Waals surface area contributed by atoms with Gasteiger partial charge in [-0.3, -0.25) is 4.68 Å². The van der Waals surface area contributed by atoms with Crippen LogP contribution in [0.2, 0.25) is 0 Å². The van der Waals surface area contributed by atoms with Crippen LogP contribution in [0.15, 0.2) is 36.9 Å². The Morgan fingerprint density at radius 2 is 2.00 bits per heavy atom. The lowest BCUT2D eigenvalue weighted by Crippen LogP contribution is -2.53. The molecule has 0 radical (unpaired) electrons. The minimum Gasteiger partial charge on any atom is -0.465 e. The predicted octanol–water partition coefficient (Wildman–Crippen LogP) is 1.92. The maximum atomic E-state index is 11.2. The lowest BCUT2D eigenvalue weighted by molar-refractivity contribution is 0.123. The summed E-state index contributed by atoms with van der Waals surface area (Å²) in [6.45, 7) is 3.77. The molecule has 1 aliphatic heterocycles. The Morgan fingerprint density at radius 1 is 1.16 bits per heavy atom. The Bertz CT molecular complexity index is 930. The Kier molecular flexibility index (Phi) is 3.60. The van der Waals surface area contributed by atoms with Gasteiger partial charge in [-0.15, -0.1) is 0 Å². The molecule has 1 fully saturated rings. The van der Waals surface area contributed by atoms with E-state index in [2.05, 4.69) is 27.2 Å². The van der Waals surface area contributed by atoms with Crippen molar-refractivity contribution in [3.05, 3.63) is 36.9 Å². The third-order valence-electron chi connectivity index (χ3n) is 4.75. The third kappa shape index (κ3) is 2.69. The highest BCUT2D eigenvalue weighted by Crippen LogP contribution is 2.27. The van der Waals surface area contributed by atoms with Gasteiger partial charge in [-0.1, -0.05) is 6.07 Å². The van der Waals surface area contributed by atoms with Gasteiger partial charge < -0.3 is 14.9 Å². The van der Waals surface area contributed by atoms with Crippen molar-refractivity contribution in [2.45, 2.75) is 13.0 Å². The zero-order valence-electron chi connectivity index (χ0n) is 14.2. The Morgan fingerprint density at radius 3 is 2.68 bits per heavy atom. The topological polar surface area (TPSA) is 78.9 Å². The van der Waals surface area contributed by atoms with Crippen molar-refractivity contribution >= 4 is 17.3 Å². The van der Waals surface area contributed by atoms with E-state index in [-0.39, 0.29) is 6.04 Å². The second-order valence-corrected chi connectivity index (χ2v) is 6.45. The molecule has 1 aliphatic rings. The molecule has 0 aliphatic carbocycles. The van der Waals surface area contributed by atoms with Crippen LogP contribution in [0, 0.1) is 0 Å². The zero-order valence-corrected chi connectivity index (χ0v) is 14.2. The fraction of sp³-hybridized carbons (Fsp3) is 0.353.